The average Bonchev–Trinajstić information content (AvgIpc) is 3.31. The maximum atomic E-state index is 13.0. The van der Waals surface area contributed by atoms with Crippen molar-refractivity contribution in [3.63, 3.8) is 0 Å². The zero-order chi connectivity index (χ0) is 21.0. The molecule has 0 bridgehead atoms. The van der Waals surface area contributed by atoms with E-state index in [2.05, 4.69) is 10.1 Å². The molecule has 1 saturated heterocycles. The van der Waals surface area contributed by atoms with Gasteiger partial charge in [0.05, 0.1) is 17.5 Å². The second kappa shape index (κ2) is 8.85. The summed E-state index contributed by atoms with van der Waals surface area (Å²) in [5, 5.41) is 4.16. The fourth-order valence-electron chi connectivity index (χ4n) is 3.49. The van der Waals surface area contributed by atoms with Crippen LogP contribution in [0.25, 0.3) is 0 Å². The molecule has 8 nitrogen and oxygen atoms in total. The number of hydrogen-bond acceptors (Lipinski definition) is 6. The SMILES string of the molecule is CCOc1ccc(Oc2ccc(S(=O)(=O)N3CCC(n4cncn4)CC3)cc2)cc1. The van der Waals surface area contributed by atoms with Gasteiger partial charge in [0.25, 0.3) is 0 Å². The summed E-state index contributed by atoms with van der Waals surface area (Å²) in [7, 11) is -3.54. The number of ether oxygens (including phenoxy) is 2. The van der Waals surface area contributed by atoms with Crippen LogP contribution < -0.4 is 9.47 Å². The predicted octanol–water partition coefficient (Wildman–Crippen LogP) is 3.49. The zero-order valence-corrected chi connectivity index (χ0v) is 17.5. The zero-order valence-electron chi connectivity index (χ0n) is 16.7. The first-order chi connectivity index (χ1) is 14.6. The highest BCUT2D eigenvalue weighted by Gasteiger charge is 2.30. The molecule has 1 aliphatic heterocycles. The summed E-state index contributed by atoms with van der Waals surface area (Å²) >= 11 is 0. The molecule has 0 N–H and O–H groups in total. The van der Waals surface area contributed by atoms with E-state index in [1.54, 1.807) is 35.3 Å². The molecule has 1 fully saturated rings. The van der Waals surface area contributed by atoms with Crippen molar-refractivity contribution in [2.24, 2.45) is 0 Å². The number of aromatic nitrogens is 3. The van der Waals surface area contributed by atoms with E-state index in [0.717, 1.165) is 5.75 Å². The molecule has 0 saturated carbocycles. The molecule has 0 aliphatic carbocycles. The third-order valence-electron chi connectivity index (χ3n) is 5.07. The summed E-state index contributed by atoms with van der Waals surface area (Å²) in [6, 6.07) is 14.0. The van der Waals surface area contributed by atoms with Gasteiger partial charge in [-0.05, 0) is 68.3 Å². The van der Waals surface area contributed by atoms with Gasteiger partial charge in [0.15, 0.2) is 0 Å². The first-order valence-electron chi connectivity index (χ1n) is 9.91. The normalized spacial score (nSPS) is 15.8. The molecule has 2 heterocycles. The topological polar surface area (TPSA) is 86.5 Å². The summed E-state index contributed by atoms with van der Waals surface area (Å²) in [5.41, 5.74) is 0. The molecule has 158 valence electrons. The Labute approximate surface area is 176 Å². The first kappa shape index (κ1) is 20.4. The average molecular weight is 429 g/mol. The van der Waals surface area contributed by atoms with Gasteiger partial charge in [-0.15, -0.1) is 0 Å². The van der Waals surface area contributed by atoms with E-state index in [1.807, 2.05) is 31.2 Å². The van der Waals surface area contributed by atoms with Gasteiger partial charge < -0.3 is 9.47 Å². The number of sulfonamides is 1. The molecule has 0 amide bonds. The summed E-state index contributed by atoms with van der Waals surface area (Å²) in [5.74, 6) is 2.01. The van der Waals surface area contributed by atoms with Crippen LogP contribution in [-0.2, 0) is 10.0 Å². The van der Waals surface area contributed by atoms with Crippen LogP contribution >= 0.6 is 0 Å². The fourth-order valence-corrected chi connectivity index (χ4v) is 4.96. The van der Waals surface area contributed by atoms with Crippen LogP contribution in [0.5, 0.6) is 17.2 Å². The van der Waals surface area contributed by atoms with E-state index in [9.17, 15) is 8.42 Å². The molecular formula is C21H24N4O4S. The molecule has 1 aliphatic rings. The van der Waals surface area contributed by atoms with Gasteiger partial charge in [-0.2, -0.15) is 9.40 Å². The van der Waals surface area contributed by atoms with Crippen molar-refractivity contribution in [2.75, 3.05) is 19.7 Å². The second-order valence-corrected chi connectivity index (χ2v) is 8.93. The number of nitrogens with zero attached hydrogens (tertiary/aromatic N) is 4. The van der Waals surface area contributed by atoms with Crippen LogP contribution in [0.1, 0.15) is 25.8 Å². The van der Waals surface area contributed by atoms with Crippen molar-refractivity contribution in [3.8, 4) is 17.2 Å². The Balaban J connectivity index is 1.39. The lowest BCUT2D eigenvalue weighted by atomic mass is 10.1. The Bertz CT molecular complexity index is 1040. The van der Waals surface area contributed by atoms with E-state index >= 15 is 0 Å². The summed E-state index contributed by atoms with van der Waals surface area (Å²) in [6.07, 6.45) is 4.60. The largest absolute Gasteiger partial charge is 0.494 e. The minimum absolute atomic E-state index is 0.184. The predicted molar refractivity (Wildman–Crippen MR) is 111 cm³/mol. The van der Waals surface area contributed by atoms with Crippen molar-refractivity contribution in [2.45, 2.75) is 30.7 Å². The smallest absolute Gasteiger partial charge is 0.243 e. The summed E-state index contributed by atoms with van der Waals surface area (Å²) < 4.78 is 40.5. The molecule has 3 aromatic rings. The quantitative estimate of drug-likeness (QED) is 0.573. The molecular weight excluding hydrogens is 404 g/mol. The summed E-state index contributed by atoms with van der Waals surface area (Å²) in [6.45, 7) is 3.45. The maximum Gasteiger partial charge on any atom is 0.243 e. The lowest BCUT2D eigenvalue weighted by molar-refractivity contribution is 0.260. The molecule has 0 atom stereocenters. The Morgan fingerprint density at radius 3 is 2.13 bits per heavy atom. The van der Waals surface area contributed by atoms with Gasteiger partial charge in [0.2, 0.25) is 10.0 Å². The minimum atomic E-state index is -3.54. The first-order valence-corrected chi connectivity index (χ1v) is 11.4. The van der Waals surface area contributed by atoms with Crippen LogP contribution in [0.4, 0.5) is 0 Å². The van der Waals surface area contributed by atoms with E-state index in [-0.39, 0.29) is 10.9 Å². The molecule has 9 heteroatoms. The number of rotatable bonds is 7. The third-order valence-corrected chi connectivity index (χ3v) is 6.98. The monoisotopic (exact) mass is 428 g/mol. The van der Waals surface area contributed by atoms with E-state index in [4.69, 9.17) is 9.47 Å². The van der Waals surface area contributed by atoms with Crippen LogP contribution in [0.15, 0.2) is 66.1 Å². The summed E-state index contributed by atoms with van der Waals surface area (Å²) in [4.78, 5) is 4.23. The maximum absolute atomic E-state index is 13.0. The highest BCUT2D eigenvalue weighted by Crippen LogP contribution is 2.28. The molecule has 1 aromatic heterocycles. The molecule has 30 heavy (non-hydrogen) atoms. The van der Waals surface area contributed by atoms with Gasteiger partial charge >= 0.3 is 0 Å². The van der Waals surface area contributed by atoms with Crippen molar-refractivity contribution in [1.82, 2.24) is 19.1 Å². The van der Waals surface area contributed by atoms with E-state index < -0.39 is 10.0 Å². The number of piperidine rings is 1. The highest BCUT2D eigenvalue weighted by atomic mass is 32.2. The molecule has 0 unspecified atom stereocenters. The standard InChI is InChI=1S/C21H24N4O4S/c1-2-28-18-3-5-19(6-4-18)29-20-7-9-21(10-8-20)30(26,27)24-13-11-17(12-14-24)25-16-22-15-23-25/h3-10,15-17H,2,11-14H2,1H3. The van der Waals surface area contributed by atoms with Crippen LogP contribution in [0.3, 0.4) is 0 Å². The molecule has 0 spiro atoms. The minimum Gasteiger partial charge on any atom is -0.494 e. The highest BCUT2D eigenvalue weighted by molar-refractivity contribution is 7.89. The Hall–Kier alpha value is -2.91. The van der Waals surface area contributed by atoms with Gasteiger partial charge in [0, 0.05) is 13.1 Å². The molecule has 2 aromatic carbocycles. The third kappa shape index (κ3) is 4.47. The van der Waals surface area contributed by atoms with Gasteiger partial charge in [-0.25, -0.2) is 18.1 Å². The van der Waals surface area contributed by atoms with Crippen molar-refractivity contribution in [1.29, 1.82) is 0 Å². The number of benzene rings is 2. The van der Waals surface area contributed by atoms with Gasteiger partial charge in [0.1, 0.15) is 29.9 Å². The lowest BCUT2D eigenvalue weighted by Crippen LogP contribution is -2.39. The van der Waals surface area contributed by atoms with E-state index in [0.29, 0.717) is 44.0 Å². The molecule has 0 radical (unpaired) electrons. The number of hydrogen-bond donors (Lipinski definition) is 0. The van der Waals surface area contributed by atoms with Crippen LogP contribution in [-0.4, -0.2) is 47.2 Å². The lowest BCUT2D eigenvalue weighted by Gasteiger charge is -2.31. The van der Waals surface area contributed by atoms with Crippen molar-refractivity contribution >= 4 is 10.0 Å². The van der Waals surface area contributed by atoms with Crippen LogP contribution in [0.2, 0.25) is 0 Å². The second-order valence-electron chi connectivity index (χ2n) is 6.99. The van der Waals surface area contributed by atoms with Crippen molar-refractivity contribution < 1.29 is 17.9 Å². The Morgan fingerprint density at radius 2 is 1.57 bits per heavy atom. The van der Waals surface area contributed by atoms with Gasteiger partial charge in [-0.1, -0.05) is 0 Å². The van der Waals surface area contributed by atoms with E-state index in [1.165, 1.54) is 10.6 Å². The Kier molecular flexibility index (Phi) is 6.01. The molecule has 4 rings (SSSR count). The Morgan fingerprint density at radius 1 is 0.967 bits per heavy atom. The fraction of sp³-hybridized carbons (Fsp3) is 0.333. The van der Waals surface area contributed by atoms with Crippen molar-refractivity contribution in [3.05, 3.63) is 61.2 Å². The van der Waals surface area contributed by atoms with Gasteiger partial charge in [-0.3, -0.25) is 0 Å². The van der Waals surface area contributed by atoms with Crippen LogP contribution in [0, 0.1) is 0 Å².